The molecule has 1 saturated heterocycles. The Morgan fingerprint density at radius 1 is 0.788 bits per heavy atom. The molecule has 1 heterocycles. The molecule has 1 aliphatic carbocycles. The Morgan fingerprint density at radius 2 is 1.55 bits per heavy atom. The van der Waals surface area contributed by atoms with Gasteiger partial charge in [0, 0.05) is 12.5 Å². The fourth-order valence-corrected chi connectivity index (χ4v) is 5.47. The maximum absolute atomic E-state index is 10.2. The minimum absolute atomic E-state index is 0.0579. The number of aromatic hydroxyl groups is 2. The Bertz CT molecular complexity index is 1320. The Morgan fingerprint density at radius 3 is 2.36 bits per heavy atom. The van der Waals surface area contributed by atoms with Crippen LogP contribution in [-0.2, 0) is 0 Å². The van der Waals surface area contributed by atoms with Gasteiger partial charge in [0.25, 0.3) is 0 Å². The van der Waals surface area contributed by atoms with Gasteiger partial charge in [0.15, 0.2) is 0 Å². The molecule has 2 N–H and O–H groups in total. The van der Waals surface area contributed by atoms with E-state index in [1.54, 1.807) is 12.1 Å². The molecule has 4 nitrogen and oxygen atoms in total. The average molecular weight is 438 g/mol. The van der Waals surface area contributed by atoms with Gasteiger partial charge in [-0.15, -0.1) is 0 Å². The van der Waals surface area contributed by atoms with Crippen molar-refractivity contribution in [2.24, 2.45) is 0 Å². The first-order valence-electron chi connectivity index (χ1n) is 11.7. The lowest BCUT2D eigenvalue weighted by Crippen LogP contribution is -2.25. The molecule has 4 aromatic rings. The maximum Gasteiger partial charge on any atom is 0.119 e. The summed E-state index contributed by atoms with van der Waals surface area (Å²) in [5.74, 6) is 1.49. The van der Waals surface area contributed by atoms with Gasteiger partial charge in [-0.2, -0.15) is 0 Å². The molecule has 1 aliphatic heterocycles. The predicted octanol–water partition coefficient (Wildman–Crippen LogP) is 5.89. The Balaban J connectivity index is 1.36. The Labute approximate surface area is 193 Å². The summed E-state index contributed by atoms with van der Waals surface area (Å²) in [6.07, 6.45) is 2.59. The number of rotatable bonds is 5. The summed E-state index contributed by atoms with van der Waals surface area (Å²) >= 11 is 0. The first-order chi connectivity index (χ1) is 16.2. The van der Waals surface area contributed by atoms with Crippen LogP contribution in [0.25, 0.3) is 21.9 Å². The second-order valence-corrected chi connectivity index (χ2v) is 9.10. The van der Waals surface area contributed by atoms with Crippen molar-refractivity contribution in [2.45, 2.75) is 18.8 Å². The molecule has 1 atom stereocenters. The maximum atomic E-state index is 10.2. The topological polar surface area (TPSA) is 52.9 Å². The van der Waals surface area contributed by atoms with Crippen LogP contribution < -0.4 is 4.74 Å². The standard InChI is InChI=1S/C29H27NO3/c31-21-6-11-24-20(17-21)5-10-26-27-18-22(32)7-12-25(27)28(29(24)26)19-3-8-23(9-4-19)33-16-15-30-13-1-2-14-30/h3-12,17-18,28,31-32H,1-2,13-16H2. The molecule has 1 fully saturated rings. The summed E-state index contributed by atoms with van der Waals surface area (Å²) in [5, 5.41) is 22.3. The molecule has 2 aliphatic rings. The van der Waals surface area contributed by atoms with Gasteiger partial charge in [-0.1, -0.05) is 36.4 Å². The van der Waals surface area contributed by atoms with E-state index in [1.807, 2.05) is 30.3 Å². The van der Waals surface area contributed by atoms with Gasteiger partial charge in [0.2, 0.25) is 0 Å². The smallest absolute Gasteiger partial charge is 0.119 e. The lowest BCUT2D eigenvalue weighted by Gasteiger charge is -2.18. The zero-order valence-corrected chi connectivity index (χ0v) is 18.5. The van der Waals surface area contributed by atoms with Crippen molar-refractivity contribution in [1.82, 2.24) is 4.90 Å². The number of hydrogen-bond donors (Lipinski definition) is 2. The molecular formula is C29H27NO3. The third-order valence-electron chi connectivity index (χ3n) is 7.06. The van der Waals surface area contributed by atoms with Crippen molar-refractivity contribution in [1.29, 1.82) is 0 Å². The molecule has 0 aromatic heterocycles. The lowest BCUT2D eigenvalue weighted by molar-refractivity contribution is 0.238. The quantitative estimate of drug-likeness (QED) is 0.360. The van der Waals surface area contributed by atoms with Crippen LogP contribution in [0.5, 0.6) is 17.2 Å². The lowest BCUT2D eigenvalue weighted by atomic mass is 9.86. The fourth-order valence-electron chi connectivity index (χ4n) is 5.47. The molecule has 0 amide bonds. The summed E-state index contributed by atoms with van der Waals surface area (Å²) in [4.78, 5) is 2.46. The number of likely N-dealkylation sites (tertiary alicyclic amines) is 1. The molecule has 4 heteroatoms. The van der Waals surface area contributed by atoms with Crippen molar-refractivity contribution in [3.8, 4) is 28.4 Å². The van der Waals surface area contributed by atoms with E-state index in [1.165, 1.54) is 42.6 Å². The second-order valence-electron chi connectivity index (χ2n) is 9.10. The summed E-state index contributed by atoms with van der Waals surface area (Å²) in [6.45, 7) is 4.06. The van der Waals surface area contributed by atoms with Crippen molar-refractivity contribution >= 4 is 10.8 Å². The molecule has 4 aromatic carbocycles. The highest BCUT2D eigenvalue weighted by Crippen LogP contribution is 2.51. The van der Waals surface area contributed by atoms with Crippen LogP contribution in [-0.4, -0.2) is 41.4 Å². The van der Waals surface area contributed by atoms with Gasteiger partial charge in [0.1, 0.15) is 23.9 Å². The summed E-state index contributed by atoms with van der Waals surface area (Å²) in [7, 11) is 0. The second kappa shape index (κ2) is 8.13. The first-order valence-corrected chi connectivity index (χ1v) is 11.7. The average Bonchev–Trinajstić information content (AvgIpc) is 3.45. The summed E-state index contributed by atoms with van der Waals surface area (Å²) < 4.78 is 6.02. The Kier molecular flexibility index (Phi) is 4.96. The van der Waals surface area contributed by atoms with Crippen LogP contribution in [0.2, 0.25) is 0 Å². The molecule has 0 bridgehead atoms. The van der Waals surface area contributed by atoms with Crippen LogP contribution >= 0.6 is 0 Å². The third-order valence-corrected chi connectivity index (χ3v) is 7.06. The minimum Gasteiger partial charge on any atom is -0.508 e. The minimum atomic E-state index is 0.0579. The molecule has 1 unspecified atom stereocenters. The van der Waals surface area contributed by atoms with Crippen LogP contribution in [0, 0.1) is 0 Å². The van der Waals surface area contributed by atoms with E-state index in [4.69, 9.17) is 4.74 Å². The van der Waals surface area contributed by atoms with Gasteiger partial charge in [-0.05, 0) is 101 Å². The van der Waals surface area contributed by atoms with Gasteiger partial charge in [0.05, 0.1) is 0 Å². The van der Waals surface area contributed by atoms with Crippen LogP contribution in [0.1, 0.15) is 35.4 Å². The van der Waals surface area contributed by atoms with Crippen LogP contribution in [0.3, 0.4) is 0 Å². The number of fused-ring (bicyclic) bond motifs is 5. The number of benzene rings is 4. The van der Waals surface area contributed by atoms with Crippen molar-refractivity contribution in [3.63, 3.8) is 0 Å². The number of hydrogen-bond acceptors (Lipinski definition) is 4. The highest BCUT2D eigenvalue weighted by Gasteiger charge is 2.32. The molecule has 33 heavy (non-hydrogen) atoms. The van der Waals surface area contributed by atoms with Crippen molar-refractivity contribution in [3.05, 3.63) is 89.5 Å². The summed E-state index contributed by atoms with van der Waals surface area (Å²) in [5.41, 5.74) is 5.79. The van der Waals surface area contributed by atoms with E-state index in [0.717, 1.165) is 34.2 Å². The molecular weight excluding hydrogens is 410 g/mol. The number of phenols is 2. The molecule has 6 rings (SSSR count). The Hall–Kier alpha value is -3.50. The number of ether oxygens (including phenoxy) is 1. The third kappa shape index (κ3) is 3.61. The highest BCUT2D eigenvalue weighted by molar-refractivity contribution is 5.98. The van der Waals surface area contributed by atoms with Crippen LogP contribution in [0.4, 0.5) is 0 Å². The molecule has 0 radical (unpaired) electrons. The normalized spacial score (nSPS) is 17.3. The first kappa shape index (κ1) is 20.1. The van der Waals surface area contributed by atoms with E-state index < -0.39 is 0 Å². The molecule has 0 spiro atoms. The molecule has 0 saturated carbocycles. The SMILES string of the molecule is Oc1ccc2c(c1)-c1ccc3cc(O)ccc3c1C2c1ccc(OCCN2CCCC2)cc1. The van der Waals surface area contributed by atoms with E-state index >= 15 is 0 Å². The fraction of sp³-hybridized carbons (Fsp3) is 0.241. The number of phenolic OH excluding ortho intramolecular Hbond substituents is 2. The zero-order chi connectivity index (χ0) is 22.4. The van der Waals surface area contributed by atoms with E-state index in [9.17, 15) is 10.2 Å². The number of nitrogens with zero attached hydrogens (tertiary/aromatic N) is 1. The van der Waals surface area contributed by atoms with Gasteiger partial charge in [-0.25, -0.2) is 0 Å². The highest BCUT2D eigenvalue weighted by atomic mass is 16.5. The van der Waals surface area contributed by atoms with Crippen LogP contribution in [0.15, 0.2) is 72.8 Å². The van der Waals surface area contributed by atoms with Crippen molar-refractivity contribution in [2.75, 3.05) is 26.2 Å². The monoisotopic (exact) mass is 437 g/mol. The largest absolute Gasteiger partial charge is 0.508 e. The molecule has 166 valence electrons. The van der Waals surface area contributed by atoms with E-state index in [0.29, 0.717) is 6.61 Å². The summed E-state index contributed by atoms with van der Waals surface area (Å²) in [6, 6.07) is 23.8. The van der Waals surface area contributed by atoms with E-state index in [2.05, 4.69) is 35.2 Å². The van der Waals surface area contributed by atoms with E-state index in [-0.39, 0.29) is 17.4 Å². The van der Waals surface area contributed by atoms with Gasteiger partial charge in [-0.3, -0.25) is 4.90 Å². The van der Waals surface area contributed by atoms with Gasteiger partial charge >= 0.3 is 0 Å². The van der Waals surface area contributed by atoms with Crippen molar-refractivity contribution < 1.29 is 14.9 Å². The predicted molar refractivity (Wildman–Crippen MR) is 131 cm³/mol. The van der Waals surface area contributed by atoms with Gasteiger partial charge < -0.3 is 14.9 Å². The zero-order valence-electron chi connectivity index (χ0n) is 18.5.